The molecule has 20 rings (SSSR count). The molecule has 36 nitrogen and oxygen atoms in total. The van der Waals surface area contributed by atoms with Gasteiger partial charge in [-0.1, -0.05) is 55.4 Å². The lowest BCUT2D eigenvalue weighted by atomic mass is 9.54. The number of isocyanates is 1. The van der Waals surface area contributed by atoms with Crippen LogP contribution in [0.1, 0.15) is 342 Å². The highest BCUT2D eigenvalue weighted by Crippen LogP contribution is 2.58. The number of nitrogens with zero attached hydrogens (tertiary/aromatic N) is 5. The van der Waals surface area contributed by atoms with Crippen molar-refractivity contribution in [1.29, 1.82) is 0 Å². The number of thioether (sulfide) groups is 4. The van der Waals surface area contributed by atoms with Crippen molar-refractivity contribution in [2.75, 3.05) is 46.1 Å². The molecule has 16 bridgehead atoms. The summed E-state index contributed by atoms with van der Waals surface area (Å²) in [5, 5.41) is 49.4. The summed E-state index contributed by atoms with van der Waals surface area (Å²) in [5.74, 6) is 11.6. The second kappa shape index (κ2) is 52.0. The third-order valence-corrected chi connectivity index (χ3v) is 33.1. The Morgan fingerprint density at radius 2 is 0.623 bits per heavy atom. The first kappa shape index (κ1) is 120. The fraction of sp³-hybridized carbons (Fsp3) is 0.788. The van der Waals surface area contributed by atoms with E-state index in [1.165, 1.54) is 164 Å². The Hall–Kier alpha value is -7.85. The lowest BCUT2D eigenvalue weighted by molar-refractivity contribution is -0.137. The summed E-state index contributed by atoms with van der Waals surface area (Å²) in [6.45, 7) is 43.0. The quantitative estimate of drug-likeness (QED) is 0.0112. The van der Waals surface area contributed by atoms with Crippen LogP contribution in [0.3, 0.4) is 0 Å². The van der Waals surface area contributed by atoms with Crippen LogP contribution in [-0.4, -0.2) is 210 Å². The Balaban J connectivity index is 0.000000192. The average Bonchev–Trinajstić information content (AvgIpc) is 1.11. The summed E-state index contributed by atoms with van der Waals surface area (Å²) in [4.78, 5) is 127. The molecular formula is C104H165Cl2N15O21S4. The van der Waals surface area contributed by atoms with Crippen LogP contribution < -0.4 is 72.9 Å². The number of carbonyl (C=O) groups excluding carboxylic acids is 9. The van der Waals surface area contributed by atoms with Gasteiger partial charge in [-0.2, -0.15) is 4.99 Å². The van der Waals surface area contributed by atoms with Gasteiger partial charge in [0, 0.05) is 83.2 Å². The Labute approximate surface area is 890 Å². The zero-order chi connectivity index (χ0) is 105. The van der Waals surface area contributed by atoms with Gasteiger partial charge in [0.1, 0.15) is 62.8 Å². The molecule has 16 aliphatic rings. The summed E-state index contributed by atoms with van der Waals surface area (Å²) < 4.78 is 55.6. The number of aliphatic imine (C=N–C) groups is 1. The molecule has 16 aliphatic carbocycles. The maximum absolute atomic E-state index is 13.4. The molecule has 0 unspecified atom stereocenters. The first-order valence-corrected chi connectivity index (χ1v) is 55.9. The lowest BCUT2D eigenvalue weighted by Gasteiger charge is -2.54. The molecule has 4 heterocycles. The van der Waals surface area contributed by atoms with Gasteiger partial charge < -0.3 is 106 Å². The van der Waals surface area contributed by atoms with Crippen molar-refractivity contribution in [3.63, 3.8) is 0 Å². The number of alkyl carbamates (subject to hydrolysis) is 2. The molecule has 820 valence electrons. The molecule has 16 fully saturated rings. The van der Waals surface area contributed by atoms with Crippen molar-refractivity contribution >= 4 is 132 Å². The Bertz CT molecular complexity index is 4980. The van der Waals surface area contributed by atoms with E-state index in [0.29, 0.717) is 91.8 Å². The van der Waals surface area contributed by atoms with Crippen LogP contribution in [0.25, 0.3) is 0 Å². The standard InChI is InChI=1S/C29H46N4O6S.C24H38N4O4S.C22H31N3O4S.C21H33N3O3S.C8H15NO4.2ClH/c1-16(2)40-24-23(25(35)31-22-19-11-17-10-18(13-19)14-20(22)12-17)39-33-26(24)37-15-29(6,7)32-21(34)8-9-30-27(36)38-28(3,4)5;1-13(2)33-21-20(32-28-23(21)31-12-24(3,4)27-18(29)5-6-25)22(30)26-19-16-8-14-7-15(10-16)11-17(19)9-14;1-12(2)30-19-18(29-25-21(19)28-10-22(3,4)23-11-26)20(27)24-17-15-6-13-5-14(8-15)9-16(17)7-13;1-11(2)28-18-17(27-24-20(18)26-10-21(3,4)22)19(25)23-16-14-6-12-5-13(8-14)9-15(16)7-12;1-8(2,3)13-7(12)9-5-4-6(10)11;;/h16-20,22H,8-15H2,1-7H3,(H,30,36)(H,31,35)(H,32,34);13-17,19H,5-12,25H2,1-4H3,(H,26,30)(H,27,29);12-17H,5-10H2,1-4H3,(H,24,27);11-16H,5-10,22H2,1-4H3,(H,23,25);4-5H2,1-3H3,(H,9,12)(H,10,11);2*1H. The van der Waals surface area contributed by atoms with Crippen LogP contribution in [0.5, 0.6) is 23.5 Å². The monoisotopic (exact) mass is 2160 g/mol. The Morgan fingerprint density at radius 1 is 0.384 bits per heavy atom. The fourth-order valence-electron chi connectivity index (χ4n) is 24.3. The summed E-state index contributed by atoms with van der Waals surface area (Å²) in [7, 11) is 0. The van der Waals surface area contributed by atoms with E-state index < -0.39 is 51.5 Å². The van der Waals surface area contributed by atoms with Gasteiger partial charge in [0.05, 0.1) is 17.5 Å². The molecule has 16 saturated carbocycles. The van der Waals surface area contributed by atoms with E-state index in [-0.39, 0.29) is 192 Å². The van der Waals surface area contributed by atoms with Gasteiger partial charge in [-0.15, -0.1) is 71.9 Å². The Morgan fingerprint density at radius 3 is 0.849 bits per heavy atom. The van der Waals surface area contributed by atoms with E-state index >= 15 is 0 Å². The molecule has 0 atom stereocenters. The number of nitrogens with two attached hydrogens (primary N) is 2. The minimum Gasteiger partial charge on any atom is -0.481 e. The van der Waals surface area contributed by atoms with Crippen molar-refractivity contribution in [2.45, 2.75) is 398 Å². The number of carboxylic acid groups (broad SMARTS) is 1. The van der Waals surface area contributed by atoms with Gasteiger partial charge in [0.25, 0.3) is 47.1 Å². The molecule has 4 aromatic heterocycles. The van der Waals surface area contributed by atoms with Crippen molar-refractivity contribution in [1.82, 2.24) is 63.2 Å². The molecule has 4 aromatic rings. The predicted molar refractivity (Wildman–Crippen MR) is 564 cm³/mol. The molecule has 13 N–H and O–H groups in total. The lowest BCUT2D eigenvalue weighted by Crippen LogP contribution is -2.55. The van der Waals surface area contributed by atoms with E-state index in [4.69, 9.17) is 63.1 Å². The molecular weight excluding hydrogens is 1990 g/mol. The van der Waals surface area contributed by atoms with E-state index in [1.807, 2.05) is 69.2 Å². The van der Waals surface area contributed by atoms with E-state index in [9.17, 15) is 47.9 Å². The smallest absolute Gasteiger partial charge is 0.407 e. The normalized spacial score (nSPS) is 26.5. The summed E-state index contributed by atoms with van der Waals surface area (Å²) in [6.07, 6.45) is 26.0. The van der Waals surface area contributed by atoms with Crippen molar-refractivity contribution in [3.8, 4) is 23.5 Å². The third-order valence-electron chi connectivity index (χ3n) is 28.8. The summed E-state index contributed by atoms with van der Waals surface area (Å²) in [6, 6.07) is 0.936. The zero-order valence-electron chi connectivity index (χ0n) is 89.5. The fourth-order valence-corrected chi connectivity index (χ4v) is 27.9. The highest BCUT2D eigenvalue weighted by Gasteiger charge is 2.54. The number of carboxylic acids is 1. The van der Waals surface area contributed by atoms with Gasteiger partial charge in [-0.05, 0) is 341 Å². The second-order valence-corrected chi connectivity index (χ2v) is 54.6. The molecule has 146 heavy (non-hydrogen) atoms. The maximum Gasteiger partial charge on any atom is 0.407 e. The van der Waals surface area contributed by atoms with Crippen LogP contribution in [0.4, 0.5) is 9.59 Å². The number of carbonyl (C=O) groups is 9. The molecule has 0 saturated heterocycles. The van der Waals surface area contributed by atoms with Gasteiger partial charge in [-0.25, -0.2) is 14.4 Å². The number of hydrogen-bond acceptors (Lipinski definition) is 31. The van der Waals surface area contributed by atoms with E-state index in [2.05, 4.69) is 95.8 Å². The minimum atomic E-state index is -0.948. The SMILES string of the molecule is CC(C)(C)OC(=O)NCCC(=O)O.CC(C)Sc1c(OCC(C)(C)N)noc1C(=O)NC1C2CC3CC(C2)CC1C3.CC(C)Sc1c(OCC(C)(C)N=C=O)noc1C(=O)NC1C2CC3CC(C2)CC1C3.CC(C)Sc1c(OCC(C)(C)NC(=O)CCN)noc1C(=O)NC1C2CC3CC(C2)CC1C3.CC(C)Sc1c(OCC(C)(C)NC(=O)CCNC(=O)OC(C)(C)C)noc1C(=O)NC1C2CC3CC(C2)CC1C3.Cl.Cl. The van der Waals surface area contributed by atoms with Crippen LogP contribution >= 0.6 is 71.9 Å². The highest BCUT2D eigenvalue weighted by molar-refractivity contribution is 8.00. The van der Waals surface area contributed by atoms with Gasteiger partial charge in [0.2, 0.25) is 40.9 Å². The predicted octanol–water partition coefficient (Wildman–Crippen LogP) is 18.2. The highest BCUT2D eigenvalue weighted by atomic mass is 35.5. The number of amides is 8. The number of nitrogens with one attached hydrogen (secondary N) is 8. The van der Waals surface area contributed by atoms with Crippen molar-refractivity contribution in [3.05, 3.63) is 23.0 Å². The second-order valence-electron chi connectivity index (χ2n) is 48.3. The van der Waals surface area contributed by atoms with E-state index in [0.717, 1.165) is 47.3 Å². The first-order chi connectivity index (χ1) is 67.6. The number of aromatic nitrogens is 4. The summed E-state index contributed by atoms with van der Waals surface area (Å²) >= 11 is 6.02. The molecule has 8 amide bonds. The van der Waals surface area contributed by atoms with Crippen molar-refractivity contribution < 1.29 is 99.6 Å². The van der Waals surface area contributed by atoms with Crippen LogP contribution in [0.2, 0.25) is 0 Å². The topological polar surface area (TPSA) is 511 Å². The van der Waals surface area contributed by atoms with Crippen LogP contribution in [0, 0.1) is 94.7 Å². The minimum absolute atomic E-state index is 0. The molecule has 0 aliphatic heterocycles. The van der Waals surface area contributed by atoms with Gasteiger partial charge in [0.15, 0.2) is 0 Å². The molecule has 0 spiro atoms. The van der Waals surface area contributed by atoms with Crippen molar-refractivity contribution in [2.24, 2.45) is 111 Å². The maximum atomic E-state index is 13.4. The van der Waals surface area contributed by atoms with Crippen LogP contribution in [-0.2, 0) is 28.7 Å². The Kier molecular flexibility index (Phi) is 42.7. The number of aliphatic carboxylic acids is 1. The molecule has 42 heteroatoms. The number of hydrogen-bond donors (Lipinski definition) is 11. The number of ether oxygens (including phenoxy) is 6. The molecule has 0 radical (unpaired) electrons. The van der Waals surface area contributed by atoms with Crippen LogP contribution in [0.15, 0.2) is 42.7 Å². The number of rotatable bonds is 39. The zero-order valence-corrected chi connectivity index (χ0v) is 94.4. The van der Waals surface area contributed by atoms with Gasteiger partial charge >= 0.3 is 18.2 Å². The van der Waals surface area contributed by atoms with Gasteiger partial charge in [-0.3, -0.25) is 33.6 Å². The molecule has 0 aromatic carbocycles. The summed E-state index contributed by atoms with van der Waals surface area (Å²) in [5.41, 5.74) is 7.77. The van der Waals surface area contributed by atoms with E-state index in [1.54, 1.807) is 73.2 Å². The number of halogens is 2. The average molecular weight is 2160 g/mol. The first-order valence-electron chi connectivity index (χ1n) is 52.3. The largest absolute Gasteiger partial charge is 0.481 e. The third kappa shape index (κ3) is 34.8.